The molecule has 0 aliphatic carbocycles. The van der Waals surface area contributed by atoms with Crippen molar-refractivity contribution in [1.29, 1.82) is 5.26 Å². The number of carbonyl (C=O) groups excluding carboxylic acids is 2. The first-order chi connectivity index (χ1) is 33.3. The smallest absolute Gasteiger partial charge is 0.338 e. The second-order valence-corrected chi connectivity index (χ2v) is 18.2. The van der Waals surface area contributed by atoms with E-state index in [1.54, 1.807) is 58.4 Å². The number of fused-ring (bicyclic) bond motifs is 1. The van der Waals surface area contributed by atoms with Crippen LogP contribution in [0.1, 0.15) is 81.2 Å². The molecule has 2 aromatic heterocycles. The normalized spacial score (nSPS) is 13.1. The molecule has 0 bridgehead atoms. The number of methoxy groups -OCH3 is 2. The van der Waals surface area contributed by atoms with Crippen molar-refractivity contribution in [2.75, 3.05) is 46.0 Å². The molecule has 0 aliphatic rings. The van der Waals surface area contributed by atoms with Crippen LogP contribution >= 0.6 is 8.53 Å². The molecular weight excluding hydrogens is 902 g/mol. The Balaban J connectivity index is 1.50. The number of hydrogen-bond donors (Lipinski definition) is 2. The van der Waals surface area contributed by atoms with Crippen molar-refractivity contribution in [3.05, 3.63) is 148 Å². The predicted octanol–water partition coefficient (Wildman–Crippen LogP) is 8.77. The molecule has 0 saturated carbocycles. The van der Waals surface area contributed by atoms with Gasteiger partial charge in [0.2, 0.25) is 11.9 Å². The number of esters is 1. The molecule has 0 saturated heterocycles. The molecule has 0 aliphatic heterocycles. The van der Waals surface area contributed by atoms with Gasteiger partial charge in [-0.15, -0.1) is 0 Å². The van der Waals surface area contributed by atoms with Gasteiger partial charge >= 0.3 is 5.97 Å². The molecule has 0 radical (unpaired) electrons. The Hall–Kier alpha value is -6.51. The summed E-state index contributed by atoms with van der Waals surface area (Å²) in [5.74, 6) is -0.229. The molecule has 2 heterocycles. The summed E-state index contributed by atoms with van der Waals surface area (Å²) in [6, 6.07) is 35.6. The summed E-state index contributed by atoms with van der Waals surface area (Å²) in [4.78, 5) is 51.4. The van der Waals surface area contributed by atoms with E-state index in [-0.39, 0.29) is 61.3 Å². The number of nitriles is 1. The minimum Gasteiger partial charge on any atom is -0.497 e. The van der Waals surface area contributed by atoms with E-state index in [1.807, 2.05) is 107 Å². The number of nitrogens with zero attached hydrogens (tertiary/aromatic N) is 5. The van der Waals surface area contributed by atoms with Gasteiger partial charge in [-0.2, -0.15) is 10.2 Å². The molecule has 4 aromatic carbocycles. The lowest BCUT2D eigenvalue weighted by Crippen LogP contribution is -2.39. The summed E-state index contributed by atoms with van der Waals surface area (Å²) >= 11 is 0. The summed E-state index contributed by atoms with van der Waals surface area (Å²) in [7, 11) is 1.42. The highest BCUT2D eigenvalue weighted by atomic mass is 31.2. The summed E-state index contributed by atoms with van der Waals surface area (Å²) in [5.41, 5.74) is 0.718. The van der Waals surface area contributed by atoms with Gasteiger partial charge in [-0.25, -0.2) is 14.4 Å². The standard InChI is InChI=1S/C51H60N7O10P/c1-34(2)47(59)55-50-54-46-45(48(60)56-50)53-33-57(46)44(32-64-49(61)37-16-11-9-12-17-37)68-43(31-67-69(66-29-15-28-52)58(35(3)4)36(5)6)30-65-51(38-18-13-10-14-19-38,39-20-24-41(62-7)25-21-39)40-22-26-42(63-8)27-23-40/h9-14,16-27,33-36,43-44H,15,29-32H2,1-8H3,(H2,54,55,56,59,60). The van der Waals surface area contributed by atoms with Crippen LogP contribution in [0.3, 0.4) is 0 Å². The lowest BCUT2D eigenvalue weighted by Gasteiger charge is -2.38. The third-order valence-electron chi connectivity index (χ3n) is 10.9. The molecule has 6 rings (SSSR count). The summed E-state index contributed by atoms with van der Waals surface area (Å²) in [6.07, 6.45) is -0.698. The number of anilines is 1. The third-order valence-corrected chi connectivity index (χ3v) is 13.0. The molecule has 18 heteroatoms. The van der Waals surface area contributed by atoms with Crippen LogP contribution in [0, 0.1) is 17.2 Å². The number of rotatable bonds is 25. The predicted molar refractivity (Wildman–Crippen MR) is 262 cm³/mol. The first-order valence-electron chi connectivity index (χ1n) is 22.6. The maximum absolute atomic E-state index is 13.6. The SMILES string of the molecule is COc1ccc(C(OCC(COP(OCCC#N)N(C(C)C)C(C)C)OC(COC(=O)c2ccccc2)n2cnc3c(=O)[nH]c(NC(=O)C(C)C)nc32)(c2ccccc2)c2ccc(OC)cc2)cc1. The Kier molecular flexibility index (Phi) is 18.6. The highest BCUT2D eigenvalue weighted by molar-refractivity contribution is 7.44. The van der Waals surface area contributed by atoms with Crippen LogP contribution in [0.2, 0.25) is 0 Å². The third kappa shape index (κ3) is 13.0. The molecule has 0 spiro atoms. The van der Waals surface area contributed by atoms with Crippen molar-refractivity contribution in [1.82, 2.24) is 24.2 Å². The van der Waals surface area contributed by atoms with Gasteiger partial charge in [0.1, 0.15) is 29.8 Å². The maximum atomic E-state index is 13.6. The van der Waals surface area contributed by atoms with E-state index in [0.717, 1.165) is 16.7 Å². The van der Waals surface area contributed by atoms with Gasteiger partial charge in [-0.05, 0) is 80.8 Å². The molecule has 69 heavy (non-hydrogen) atoms. The molecule has 2 N–H and O–H groups in total. The number of amides is 1. The fraction of sp³-hybridized carbons (Fsp3) is 0.373. The van der Waals surface area contributed by atoms with Crippen LogP contribution in [-0.4, -0.2) is 94.9 Å². The quantitative estimate of drug-likeness (QED) is 0.0239. The lowest BCUT2D eigenvalue weighted by atomic mass is 9.80. The molecule has 1 amide bonds. The summed E-state index contributed by atoms with van der Waals surface area (Å²) in [6.45, 7) is 11.0. The van der Waals surface area contributed by atoms with Gasteiger partial charge in [0.25, 0.3) is 14.1 Å². The molecule has 17 nitrogen and oxygen atoms in total. The van der Waals surface area contributed by atoms with E-state index in [2.05, 4.69) is 31.0 Å². The number of aromatic nitrogens is 4. The number of benzene rings is 4. The number of hydrogen-bond acceptors (Lipinski definition) is 14. The van der Waals surface area contributed by atoms with Crippen molar-refractivity contribution in [3.8, 4) is 17.6 Å². The van der Waals surface area contributed by atoms with Gasteiger partial charge in [-0.3, -0.25) is 24.5 Å². The fourth-order valence-electron chi connectivity index (χ4n) is 7.55. The van der Waals surface area contributed by atoms with Gasteiger partial charge in [-0.1, -0.05) is 86.6 Å². The summed E-state index contributed by atoms with van der Waals surface area (Å²) < 4.78 is 48.1. The minimum absolute atomic E-state index is 0.0123. The molecular formula is C51H60N7O10P. The van der Waals surface area contributed by atoms with E-state index in [9.17, 15) is 19.6 Å². The van der Waals surface area contributed by atoms with E-state index < -0.39 is 50.5 Å². The Bertz CT molecular complexity index is 2620. The Morgan fingerprint density at radius 1 is 0.797 bits per heavy atom. The van der Waals surface area contributed by atoms with Crippen LogP contribution in [-0.2, 0) is 33.7 Å². The highest BCUT2D eigenvalue weighted by Gasteiger charge is 2.40. The Morgan fingerprint density at radius 3 is 1.93 bits per heavy atom. The van der Waals surface area contributed by atoms with Gasteiger partial charge < -0.3 is 32.7 Å². The van der Waals surface area contributed by atoms with Crippen molar-refractivity contribution in [3.63, 3.8) is 0 Å². The van der Waals surface area contributed by atoms with E-state index >= 15 is 0 Å². The second-order valence-electron chi connectivity index (χ2n) is 16.7. The van der Waals surface area contributed by atoms with Crippen molar-refractivity contribution in [2.45, 2.75) is 78.0 Å². The van der Waals surface area contributed by atoms with Crippen LogP contribution < -0.4 is 20.3 Å². The van der Waals surface area contributed by atoms with Crippen molar-refractivity contribution < 1.29 is 42.3 Å². The zero-order chi connectivity index (χ0) is 49.5. The number of aromatic amines is 1. The maximum Gasteiger partial charge on any atom is 0.338 e. The van der Waals surface area contributed by atoms with Crippen LogP contribution in [0.4, 0.5) is 5.95 Å². The number of imidazole rings is 1. The van der Waals surface area contributed by atoms with E-state index in [1.165, 1.54) is 10.9 Å². The van der Waals surface area contributed by atoms with Gasteiger partial charge in [0, 0.05) is 18.0 Å². The molecule has 0 fully saturated rings. The number of nitrogens with one attached hydrogen (secondary N) is 2. The van der Waals surface area contributed by atoms with Crippen LogP contribution in [0.5, 0.6) is 11.5 Å². The fourth-order valence-corrected chi connectivity index (χ4v) is 9.18. The zero-order valence-electron chi connectivity index (χ0n) is 40.2. The molecule has 3 unspecified atom stereocenters. The minimum atomic E-state index is -1.78. The topological polar surface area (TPSA) is 201 Å². The average molecular weight is 962 g/mol. The number of H-pyrrole nitrogens is 1. The second kappa shape index (κ2) is 24.7. The Morgan fingerprint density at radius 2 is 1.38 bits per heavy atom. The number of carbonyl (C=O) groups is 2. The van der Waals surface area contributed by atoms with Gasteiger partial charge in [0.05, 0.1) is 58.4 Å². The number of ether oxygens (including phenoxy) is 5. The van der Waals surface area contributed by atoms with Crippen molar-refractivity contribution in [2.24, 2.45) is 5.92 Å². The lowest BCUT2D eigenvalue weighted by molar-refractivity contribution is -0.135. The molecule has 364 valence electrons. The summed E-state index contributed by atoms with van der Waals surface area (Å²) in [5, 5.41) is 12.1. The largest absolute Gasteiger partial charge is 0.497 e. The van der Waals surface area contributed by atoms with Gasteiger partial charge in [0.15, 0.2) is 17.4 Å². The van der Waals surface area contributed by atoms with Crippen LogP contribution in [0.15, 0.2) is 120 Å². The first-order valence-corrected chi connectivity index (χ1v) is 23.8. The monoisotopic (exact) mass is 961 g/mol. The van der Waals surface area contributed by atoms with Crippen molar-refractivity contribution >= 4 is 37.5 Å². The molecule has 3 atom stereocenters. The first kappa shape index (κ1) is 51.9. The highest BCUT2D eigenvalue weighted by Crippen LogP contribution is 2.47. The average Bonchev–Trinajstić information content (AvgIpc) is 3.79. The van der Waals surface area contributed by atoms with E-state index in [0.29, 0.717) is 17.1 Å². The van der Waals surface area contributed by atoms with E-state index in [4.69, 9.17) is 32.7 Å². The molecule has 6 aromatic rings. The Labute approximate surface area is 403 Å². The zero-order valence-corrected chi connectivity index (χ0v) is 41.1. The van der Waals surface area contributed by atoms with Crippen LogP contribution in [0.25, 0.3) is 11.2 Å².